The number of nitrogens with one attached hydrogen (secondary N) is 2. The second-order valence-corrected chi connectivity index (χ2v) is 13.6. The highest BCUT2D eigenvalue weighted by molar-refractivity contribution is 7.89. The number of hydrogen-bond acceptors (Lipinski definition) is 5. The average Bonchev–Trinajstić information content (AvgIpc) is 3.11. The zero-order valence-corrected chi connectivity index (χ0v) is 27.5. The van der Waals surface area contributed by atoms with Crippen molar-refractivity contribution in [3.05, 3.63) is 166 Å². The van der Waals surface area contributed by atoms with Crippen LogP contribution < -0.4 is 10.9 Å². The molecule has 0 spiro atoms. The molecule has 0 saturated heterocycles. The topological polar surface area (TPSA) is 108 Å². The maximum absolute atomic E-state index is 13.7. The number of halogens is 1. The van der Waals surface area contributed by atoms with Gasteiger partial charge in [-0.25, -0.2) is 13.4 Å². The quantitative estimate of drug-likeness (QED) is 0.156. The largest absolute Gasteiger partial charge is 0.270 e. The van der Waals surface area contributed by atoms with Crippen LogP contribution in [0.1, 0.15) is 37.4 Å². The molecule has 0 aliphatic rings. The first-order valence-corrected chi connectivity index (χ1v) is 17.0. The molecule has 2 amide bonds. The highest BCUT2D eigenvalue weighted by Gasteiger charge is 2.25. The fraction of sp³-hybridized carbons (Fsp3) is 0.0789. The van der Waals surface area contributed by atoms with E-state index in [9.17, 15) is 18.0 Å². The van der Waals surface area contributed by atoms with Crippen LogP contribution in [-0.2, 0) is 23.1 Å². The van der Waals surface area contributed by atoms with Crippen LogP contribution in [0.4, 0.5) is 0 Å². The Balaban J connectivity index is 1.17. The Morgan fingerprint density at radius 3 is 2.00 bits per heavy atom. The maximum Gasteiger partial charge on any atom is 0.270 e. The van der Waals surface area contributed by atoms with Crippen molar-refractivity contribution in [2.75, 3.05) is 0 Å². The lowest BCUT2D eigenvalue weighted by molar-refractivity contribution is 0.0847. The third-order valence-electron chi connectivity index (χ3n) is 7.83. The number of sulfonamides is 1. The third kappa shape index (κ3) is 7.44. The molecule has 5 aromatic carbocycles. The third-order valence-corrected chi connectivity index (χ3v) is 9.88. The summed E-state index contributed by atoms with van der Waals surface area (Å²) < 4.78 is 28.7. The molecule has 0 aliphatic heterocycles. The highest BCUT2D eigenvalue weighted by Crippen LogP contribution is 2.26. The molecule has 0 atom stereocenters. The van der Waals surface area contributed by atoms with Gasteiger partial charge in [0.05, 0.1) is 21.7 Å². The molecule has 0 saturated carbocycles. The van der Waals surface area contributed by atoms with E-state index >= 15 is 0 Å². The van der Waals surface area contributed by atoms with Gasteiger partial charge in [-0.1, -0.05) is 102 Å². The van der Waals surface area contributed by atoms with E-state index in [4.69, 9.17) is 16.6 Å². The summed E-state index contributed by atoms with van der Waals surface area (Å²) in [5.74, 6) is -1.02. The molecule has 48 heavy (non-hydrogen) atoms. The molecule has 240 valence electrons. The summed E-state index contributed by atoms with van der Waals surface area (Å²) >= 11 is 6.00. The lowest BCUT2D eigenvalue weighted by Gasteiger charge is -2.23. The molecular weight excluding hydrogens is 644 g/mol. The Kier molecular flexibility index (Phi) is 9.63. The van der Waals surface area contributed by atoms with Gasteiger partial charge in [-0.3, -0.25) is 20.4 Å². The molecule has 1 heterocycles. The van der Waals surface area contributed by atoms with Crippen molar-refractivity contribution < 1.29 is 18.0 Å². The van der Waals surface area contributed by atoms with Gasteiger partial charge in [0.15, 0.2) is 0 Å². The number of fused-ring (bicyclic) bond motifs is 1. The summed E-state index contributed by atoms with van der Waals surface area (Å²) in [6.45, 7) is 2.22. The van der Waals surface area contributed by atoms with Crippen molar-refractivity contribution >= 4 is 44.3 Å². The maximum atomic E-state index is 13.7. The lowest BCUT2D eigenvalue weighted by atomic mass is 10.0. The number of nitrogens with zero attached hydrogens (tertiary/aromatic N) is 2. The molecule has 0 aliphatic carbocycles. The van der Waals surface area contributed by atoms with Gasteiger partial charge in [0.2, 0.25) is 10.0 Å². The van der Waals surface area contributed by atoms with Crippen LogP contribution in [0.5, 0.6) is 0 Å². The van der Waals surface area contributed by atoms with Crippen molar-refractivity contribution in [3.63, 3.8) is 0 Å². The smallest absolute Gasteiger partial charge is 0.267 e. The van der Waals surface area contributed by atoms with E-state index in [0.717, 1.165) is 16.7 Å². The normalized spacial score (nSPS) is 11.4. The highest BCUT2D eigenvalue weighted by atomic mass is 35.5. The Morgan fingerprint density at radius 2 is 1.31 bits per heavy atom. The van der Waals surface area contributed by atoms with Gasteiger partial charge in [-0.15, -0.1) is 0 Å². The van der Waals surface area contributed by atoms with Gasteiger partial charge >= 0.3 is 0 Å². The second kappa shape index (κ2) is 14.2. The molecule has 6 rings (SSSR count). The summed E-state index contributed by atoms with van der Waals surface area (Å²) in [5.41, 5.74) is 10.5. The van der Waals surface area contributed by atoms with Crippen LogP contribution in [-0.4, -0.2) is 29.5 Å². The van der Waals surface area contributed by atoms with Crippen molar-refractivity contribution in [3.8, 4) is 11.3 Å². The first-order valence-electron chi connectivity index (χ1n) is 15.1. The number of pyridine rings is 1. The number of aromatic nitrogens is 1. The minimum absolute atomic E-state index is 0.0664. The molecule has 1 aromatic heterocycles. The van der Waals surface area contributed by atoms with E-state index in [0.29, 0.717) is 32.7 Å². The minimum Gasteiger partial charge on any atom is -0.267 e. The van der Waals surface area contributed by atoms with Crippen LogP contribution in [0.2, 0.25) is 5.02 Å². The van der Waals surface area contributed by atoms with Gasteiger partial charge in [0.1, 0.15) is 0 Å². The molecule has 0 fully saturated rings. The van der Waals surface area contributed by atoms with E-state index in [1.165, 1.54) is 16.4 Å². The predicted octanol–water partition coefficient (Wildman–Crippen LogP) is 7.33. The fourth-order valence-electron chi connectivity index (χ4n) is 5.22. The van der Waals surface area contributed by atoms with Crippen LogP contribution in [0.15, 0.2) is 138 Å². The van der Waals surface area contributed by atoms with Gasteiger partial charge < -0.3 is 0 Å². The van der Waals surface area contributed by atoms with Crippen LogP contribution in [0, 0.1) is 6.92 Å². The number of hydrogen-bond donors (Lipinski definition) is 2. The van der Waals surface area contributed by atoms with Gasteiger partial charge in [0.25, 0.3) is 11.8 Å². The van der Waals surface area contributed by atoms with Gasteiger partial charge in [0, 0.05) is 34.6 Å². The van der Waals surface area contributed by atoms with Crippen molar-refractivity contribution in [1.29, 1.82) is 0 Å². The van der Waals surface area contributed by atoms with E-state index in [2.05, 4.69) is 10.9 Å². The number of hydrazine groups is 1. The minimum atomic E-state index is -3.88. The summed E-state index contributed by atoms with van der Waals surface area (Å²) in [7, 11) is -3.88. The number of carbonyl (C=O) groups excluding carboxylic acids is 2. The SMILES string of the molecule is Cc1ccc(-c2cc(C(=O)NNC(=O)c3ccc(CN(Cc4ccccc4)S(=O)(=O)c4ccc(Cl)cc4)cc3)c3ccccc3n2)cc1. The molecule has 10 heteroatoms. The monoisotopic (exact) mass is 674 g/mol. The van der Waals surface area contributed by atoms with Crippen molar-refractivity contribution in [2.24, 2.45) is 0 Å². The molecule has 0 unspecified atom stereocenters. The number of para-hydroxylation sites is 1. The first kappa shape index (κ1) is 32.6. The summed E-state index contributed by atoms with van der Waals surface area (Å²) in [4.78, 5) is 31.3. The van der Waals surface area contributed by atoms with E-state index in [1.54, 1.807) is 42.5 Å². The molecule has 0 bridgehead atoms. The van der Waals surface area contributed by atoms with Crippen molar-refractivity contribution in [2.45, 2.75) is 24.9 Å². The second-order valence-electron chi connectivity index (χ2n) is 11.3. The van der Waals surface area contributed by atoms with E-state index < -0.39 is 21.8 Å². The molecular formula is C38H31ClN4O4S. The number of aryl methyl sites for hydroxylation is 1. The molecule has 2 N–H and O–H groups in total. The van der Waals surface area contributed by atoms with Crippen LogP contribution >= 0.6 is 11.6 Å². The van der Waals surface area contributed by atoms with E-state index in [-0.39, 0.29) is 23.5 Å². The first-order chi connectivity index (χ1) is 23.2. The lowest BCUT2D eigenvalue weighted by Crippen LogP contribution is -2.41. The number of carbonyl (C=O) groups is 2. The Labute approximate surface area is 284 Å². The average molecular weight is 675 g/mol. The predicted molar refractivity (Wildman–Crippen MR) is 188 cm³/mol. The summed E-state index contributed by atoms with van der Waals surface area (Å²) in [6, 6.07) is 38.8. The Bertz CT molecular complexity index is 2190. The molecule has 6 aromatic rings. The standard InChI is InChI=1S/C38H31ClN4O4S/c1-26-11-15-29(16-12-26)36-23-34(33-9-5-6-10-35(33)40-36)38(45)42-41-37(44)30-17-13-28(14-18-30)25-43(24-27-7-3-2-4-8-27)48(46,47)32-21-19-31(39)20-22-32/h2-23H,24-25H2,1H3,(H,41,44)(H,42,45). The summed E-state index contributed by atoms with van der Waals surface area (Å²) in [5, 5.41) is 1.09. The molecule has 8 nitrogen and oxygen atoms in total. The zero-order valence-electron chi connectivity index (χ0n) is 25.9. The summed E-state index contributed by atoms with van der Waals surface area (Å²) in [6.07, 6.45) is 0. The van der Waals surface area contributed by atoms with Gasteiger partial charge in [-0.05, 0) is 66.6 Å². The fourth-order valence-corrected chi connectivity index (χ4v) is 6.76. The zero-order chi connectivity index (χ0) is 33.7. The number of amides is 2. The van der Waals surface area contributed by atoms with Crippen molar-refractivity contribution in [1.82, 2.24) is 20.1 Å². The van der Waals surface area contributed by atoms with Gasteiger partial charge in [-0.2, -0.15) is 4.31 Å². The van der Waals surface area contributed by atoms with Crippen LogP contribution in [0.3, 0.4) is 0 Å². The number of benzene rings is 5. The Hall–Kier alpha value is -5.35. The Morgan fingerprint density at radius 1 is 0.708 bits per heavy atom. The van der Waals surface area contributed by atoms with Crippen LogP contribution in [0.25, 0.3) is 22.2 Å². The molecule has 0 radical (unpaired) electrons. The number of rotatable bonds is 9. The van der Waals surface area contributed by atoms with E-state index in [1.807, 2.05) is 85.8 Å².